The van der Waals surface area contributed by atoms with Crippen molar-refractivity contribution in [1.29, 1.82) is 0 Å². The fourth-order valence-electron chi connectivity index (χ4n) is 2.60. The van der Waals surface area contributed by atoms with E-state index in [1.807, 2.05) is 11.2 Å². The normalized spacial score (nSPS) is 17.8. The van der Waals surface area contributed by atoms with E-state index in [1.54, 1.807) is 24.3 Å². The smallest absolute Gasteiger partial charge is 0.293 e. The SMILES string of the molecule is CC1=CN(Nc2cccc(-c3cccc(C(F)(F)F)c3)n2)CC1C. The van der Waals surface area contributed by atoms with Gasteiger partial charge < -0.3 is 0 Å². The Balaban J connectivity index is 1.84. The van der Waals surface area contributed by atoms with E-state index in [-0.39, 0.29) is 0 Å². The van der Waals surface area contributed by atoms with Gasteiger partial charge in [-0.15, -0.1) is 0 Å². The molecule has 1 aliphatic rings. The van der Waals surface area contributed by atoms with Gasteiger partial charge in [-0.2, -0.15) is 13.2 Å². The predicted octanol–water partition coefficient (Wildman–Crippen LogP) is 4.95. The van der Waals surface area contributed by atoms with Crippen molar-refractivity contribution >= 4 is 5.82 Å². The van der Waals surface area contributed by atoms with E-state index in [2.05, 4.69) is 24.3 Å². The van der Waals surface area contributed by atoms with Gasteiger partial charge in [0.05, 0.1) is 11.3 Å². The fraction of sp³-hybridized carbons (Fsp3) is 0.278. The largest absolute Gasteiger partial charge is 0.416 e. The lowest BCUT2D eigenvalue weighted by atomic mass is 10.1. The summed E-state index contributed by atoms with van der Waals surface area (Å²) in [4.78, 5) is 4.43. The summed E-state index contributed by atoms with van der Waals surface area (Å²) in [7, 11) is 0. The molecule has 3 nitrogen and oxygen atoms in total. The second-order valence-electron chi connectivity index (χ2n) is 6.02. The Kier molecular flexibility index (Phi) is 4.22. The van der Waals surface area contributed by atoms with Crippen LogP contribution in [-0.4, -0.2) is 16.5 Å². The van der Waals surface area contributed by atoms with Crippen molar-refractivity contribution in [2.75, 3.05) is 12.0 Å². The number of aromatic nitrogens is 1. The highest BCUT2D eigenvalue weighted by atomic mass is 19.4. The third-order valence-electron chi connectivity index (χ3n) is 4.10. The summed E-state index contributed by atoms with van der Waals surface area (Å²) >= 11 is 0. The molecule has 1 atom stereocenters. The summed E-state index contributed by atoms with van der Waals surface area (Å²) in [5, 5.41) is 1.94. The van der Waals surface area contributed by atoms with Gasteiger partial charge in [0.15, 0.2) is 0 Å². The molecule has 1 unspecified atom stereocenters. The van der Waals surface area contributed by atoms with Crippen LogP contribution >= 0.6 is 0 Å². The molecule has 0 saturated carbocycles. The lowest BCUT2D eigenvalue weighted by molar-refractivity contribution is -0.137. The van der Waals surface area contributed by atoms with Crippen molar-refractivity contribution in [3.8, 4) is 11.3 Å². The highest BCUT2D eigenvalue weighted by Crippen LogP contribution is 2.32. The van der Waals surface area contributed by atoms with Gasteiger partial charge in [-0.3, -0.25) is 10.4 Å². The first-order chi connectivity index (χ1) is 11.3. The molecule has 0 saturated heterocycles. The molecule has 1 N–H and O–H groups in total. The van der Waals surface area contributed by atoms with Crippen LogP contribution in [0.25, 0.3) is 11.3 Å². The van der Waals surface area contributed by atoms with Crippen LogP contribution in [0.15, 0.2) is 54.2 Å². The summed E-state index contributed by atoms with van der Waals surface area (Å²) in [6, 6.07) is 10.5. The first-order valence-electron chi connectivity index (χ1n) is 7.69. The minimum atomic E-state index is -4.36. The molecule has 1 aromatic heterocycles. The van der Waals surface area contributed by atoms with Crippen molar-refractivity contribution in [3.05, 3.63) is 59.8 Å². The molecule has 0 spiro atoms. The van der Waals surface area contributed by atoms with Crippen LogP contribution in [0.1, 0.15) is 19.4 Å². The van der Waals surface area contributed by atoms with Gasteiger partial charge in [-0.1, -0.05) is 30.7 Å². The number of alkyl halides is 3. The van der Waals surface area contributed by atoms with Gasteiger partial charge >= 0.3 is 6.18 Å². The molecule has 0 bridgehead atoms. The molecule has 0 amide bonds. The zero-order valence-electron chi connectivity index (χ0n) is 13.4. The Morgan fingerprint density at radius 2 is 1.92 bits per heavy atom. The molecule has 126 valence electrons. The van der Waals surface area contributed by atoms with Gasteiger partial charge in [0, 0.05) is 18.3 Å². The molecule has 2 aromatic rings. The highest BCUT2D eigenvalue weighted by Gasteiger charge is 2.30. The Labute approximate surface area is 138 Å². The number of hydrazine groups is 1. The molecule has 1 aliphatic heterocycles. The molecule has 0 aliphatic carbocycles. The number of halogens is 3. The maximum absolute atomic E-state index is 12.9. The molecule has 24 heavy (non-hydrogen) atoms. The highest BCUT2D eigenvalue weighted by molar-refractivity contribution is 5.62. The Hall–Kier alpha value is -2.50. The number of anilines is 1. The van der Waals surface area contributed by atoms with E-state index in [9.17, 15) is 13.2 Å². The zero-order chi connectivity index (χ0) is 17.3. The van der Waals surface area contributed by atoms with Crippen molar-refractivity contribution in [2.24, 2.45) is 5.92 Å². The predicted molar refractivity (Wildman–Crippen MR) is 87.9 cm³/mol. The van der Waals surface area contributed by atoms with Crippen LogP contribution in [0.3, 0.4) is 0 Å². The third kappa shape index (κ3) is 3.53. The van der Waals surface area contributed by atoms with Crippen LogP contribution < -0.4 is 5.43 Å². The van der Waals surface area contributed by atoms with Gasteiger partial charge in [-0.25, -0.2) is 4.98 Å². The van der Waals surface area contributed by atoms with Crippen LogP contribution in [0.4, 0.5) is 19.0 Å². The topological polar surface area (TPSA) is 28.2 Å². The van der Waals surface area contributed by atoms with E-state index in [0.717, 1.165) is 18.7 Å². The number of nitrogens with zero attached hydrogens (tertiary/aromatic N) is 2. The minimum Gasteiger partial charge on any atom is -0.293 e. The van der Waals surface area contributed by atoms with Gasteiger partial charge in [0.25, 0.3) is 0 Å². The second-order valence-corrected chi connectivity index (χ2v) is 6.02. The van der Waals surface area contributed by atoms with E-state index < -0.39 is 11.7 Å². The average Bonchev–Trinajstić information content (AvgIpc) is 2.85. The van der Waals surface area contributed by atoms with E-state index >= 15 is 0 Å². The molecule has 2 heterocycles. The monoisotopic (exact) mass is 333 g/mol. The molecular formula is C18H18F3N3. The number of hydrogen-bond donors (Lipinski definition) is 1. The van der Waals surface area contributed by atoms with E-state index in [1.165, 1.54) is 11.6 Å². The number of hydrogen-bond acceptors (Lipinski definition) is 3. The van der Waals surface area contributed by atoms with Crippen LogP contribution in [0, 0.1) is 5.92 Å². The molecule has 0 fully saturated rings. The Morgan fingerprint density at radius 1 is 1.17 bits per heavy atom. The van der Waals surface area contributed by atoms with Crippen LogP contribution in [0.5, 0.6) is 0 Å². The van der Waals surface area contributed by atoms with Crippen LogP contribution in [0.2, 0.25) is 0 Å². The molecule has 6 heteroatoms. The first kappa shape index (κ1) is 16.4. The Morgan fingerprint density at radius 3 is 2.58 bits per heavy atom. The molecular weight excluding hydrogens is 315 g/mol. The summed E-state index contributed by atoms with van der Waals surface area (Å²) in [5.41, 5.74) is 4.72. The fourth-order valence-corrected chi connectivity index (χ4v) is 2.60. The lowest BCUT2D eigenvalue weighted by Gasteiger charge is -2.19. The summed E-state index contributed by atoms with van der Waals surface area (Å²) in [6.45, 7) is 5.04. The van der Waals surface area contributed by atoms with Crippen molar-refractivity contribution < 1.29 is 13.2 Å². The van der Waals surface area contributed by atoms with E-state index in [0.29, 0.717) is 23.0 Å². The maximum Gasteiger partial charge on any atom is 0.416 e. The molecule has 1 aromatic carbocycles. The van der Waals surface area contributed by atoms with Crippen molar-refractivity contribution in [3.63, 3.8) is 0 Å². The average molecular weight is 333 g/mol. The van der Waals surface area contributed by atoms with Gasteiger partial charge in [0.1, 0.15) is 5.82 Å². The summed E-state index contributed by atoms with van der Waals surface area (Å²) in [5.74, 6) is 1.06. The standard InChI is InChI=1S/C18H18F3N3/c1-12-10-24(11-13(12)2)23-17-8-4-7-16(22-17)14-5-3-6-15(9-14)18(19,20)21/h3-10,13H,11H2,1-2H3,(H,22,23). The number of rotatable bonds is 3. The zero-order valence-corrected chi connectivity index (χ0v) is 13.4. The van der Waals surface area contributed by atoms with Crippen molar-refractivity contribution in [2.45, 2.75) is 20.0 Å². The third-order valence-corrected chi connectivity index (χ3v) is 4.10. The summed E-state index contributed by atoms with van der Waals surface area (Å²) < 4.78 is 38.6. The second kappa shape index (κ2) is 6.19. The number of nitrogens with one attached hydrogen (secondary N) is 1. The Bertz CT molecular complexity index is 768. The van der Waals surface area contributed by atoms with Crippen LogP contribution in [-0.2, 0) is 6.18 Å². The van der Waals surface area contributed by atoms with E-state index in [4.69, 9.17) is 0 Å². The molecule has 0 radical (unpaired) electrons. The first-order valence-corrected chi connectivity index (χ1v) is 7.69. The quantitative estimate of drug-likeness (QED) is 0.861. The van der Waals surface area contributed by atoms with Crippen molar-refractivity contribution in [1.82, 2.24) is 9.99 Å². The van der Waals surface area contributed by atoms with Gasteiger partial charge in [0.2, 0.25) is 0 Å². The molecule has 3 rings (SSSR count). The number of benzene rings is 1. The summed E-state index contributed by atoms with van der Waals surface area (Å²) in [6.07, 6.45) is -2.34. The number of pyridine rings is 1. The maximum atomic E-state index is 12.9. The lowest BCUT2D eigenvalue weighted by Crippen LogP contribution is -2.24. The van der Waals surface area contributed by atoms with Gasteiger partial charge in [-0.05, 0) is 37.1 Å². The minimum absolute atomic E-state index is 0.440.